The number of hydrogen-bond acceptors (Lipinski definition) is 7. The maximum Gasteiger partial charge on any atom is 0.354 e. The molecule has 0 aliphatic carbocycles. The highest BCUT2D eigenvalue weighted by molar-refractivity contribution is 6.30. The van der Waals surface area contributed by atoms with Crippen molar-refractivity contribution in [1.82, 2.24) is 0 Å². The van der Waals surface area contributed by atoms with Crippen LogP contribution in [0.4, 0.5) is 5.69 Å². The molecule has 0 aromatic heterocycles. The number of esters is 2. The van der Waals surface area contributed by atoms with E-state index < -0.39 is 11.9 Å². The number of carbonyl (C=O) groups excluding carboxylic acids is 2. The van der Waals surface area contributed by atoms with Crippen LogP contribution in [-0.4, -0.2) is 31.7 Å². The van der Waals surface area contributed by atoms with Gasteiger partial charge >= 0.3 is 11.9 Å². The lowest BCUT2D eigenvalue weighted by atomic mass is 10.2. The topological polar surface area (TPSA) is 88.9 Å². The van der Waals surface area contributed by atoms with Gasteiger partial charge in [-0.3, -0.25) is 0 Å². The second kappa shape index (κ2) is 9.64. The van der Waals surface area contributed by atoms with Crippen LogP contribution < -0.4 is 9.64 Å². The molecule has 8 heteroatoms. The highest BCUT2D eigenvalue weighted by Gasteiger charge is 2.32. The number of hydrogen-bond donors (Lipinski definition) is 0. The van der Waals surface area contributed by atoms with E-state index in [9.17, 15) is 14.9 Å². The summed E-state index contributed by atoms with van der Waals surface area (Å²) in [7, 11) is 0. The fraction of sp³-hybridized carbons (Fsp3) is 0.316. The van der Waals surface area contributed by atoms with Crippen LogP contribution in [0.3, 0.4) is 0 Å². The number of unbranched alkanes of at least 4 members (excludes halogenated alkanes) is 1. The average molecular weight is 391 g/mol. The second-order valence-corrected chi connectivity index (χ2v) is 5.96. The minimum atomic E-state index is -0.859. The molecule has 0 bridgehead atoms. The predicted octanol–water partition coefficient (Wildman–Crippen LogP) is 3.35. The maximum absolute atomic E-state index is 12.3. The first-order valence-corrected chi connectivity index (χ1v) is 8.75. The van der Waals surface area contributed by atoms with E-state index in [0.29, 0.717) is 17.3 Å². The van der Waals surface area contributed by atoms with Crippen LogP contribution in [0.25, 0.3) is 0 Å². The number of nitrogens with zero attached hydrogens (tertiary/aromatic N) is 2. The van der Waals surface area contributed by atoms with Crippen LogP contribution >= 0.6 is 11.6 Å². The molecule has 0 fully saturated rings. The van der Waals surface area contributed by atoms with Crippen molar-refractivity contribution in [2.24, 2.45) is 0 Å². The van der Waals surface area contributed by atoms with Crippen molar-refractivity contribution >= 4 is 29.2 Å². The molecule has 0 spiro atoms. The van der Waals surface area contributed by atoms with Crippen LogP contribution in [0, 0.1) is 11.3 Å². The van der Waals surface area contributed by atoms with Gasteiger partial charge in [0.15, 0.2) is 11.3 Å². The van der Waals surface area contributed by atoms with Crippen molar-refractivity contribution in [2.45, 2.75) is 19.8 Å². The van der Waals surface area contributed by atoms with Gasteiger partial charge in [0.25, 0.3) is 0 Å². The molecular formula is C19H19ClN2O5. The Labute approximate surface area is 162 Å². The van der Waals surface area contributed by atoms with Gasteiger partial charge in [-0.05, 0) is 18.6 Å². The van der Waals surface area contributed by atoms with E-state index in [1.165, 1.54) is 0 Å². The minimum absolute atomic E-state index is 0.108. The van der Waals surface area contributed by atoms with Gasteiger partial charge in [-0.25, -0.2) is 9.59 Å². The molecule has 0 amide bonds. The summed E-state index contributed by atoms with van der Waals surface area (Å²) in [5.41, 5.74) is 0.455. The van der Waals surface area contributed by atoms with Gasteiger partial charge in [-0.15, -0.1) is 0 Å². The number of carbonyl (C=O) groups is 2. The van der Waals surface area contributed by atoms with Crippen LogP contribution in [0.15, 0.2) is 42.3 Å². The van der Waals surface area contributed by atoms with Gasteiger partial charge in [0.05, 0.1) is 5.69 Å². The minimum Gasteiger partial charge on any atom is -0.459 e. The molecule has 142 valence electrons. The lowest BCUT2D eigenvalue weighted by Gasteiger charge is -2.18. The molecular weight excluding hydrogens is 372 g/mol. The number of halogens is 1. The van der Waals surface area contributed by atoms with Crippen LogP contribution in [0.1, 0.15) is 19.8 Å². The first kappa shape index (κ1) is 20.3. The first-order valence-electron chi connectivity index (χ1n) is 8.37. The molecule has 1 aliphatic rings. The Hall–Kier alpha value is -2.98. The summed E-state index contributed by atoms with van der Waals surface area (Å²) < 4.78 is 15.5. The summed E-state index contributed by atoms with van der Waals surface area (Å²) in [5, 5.41) is 9.96. The fourth-order valence-electron chi connectivity index (χ4n) is 2.37. The lowest BCUT2D eigenvalue weighted by molar-refractivity contribution is -0.146. The number of ether oxygens (including phenoxy) is 3. The van der Waals surface area contributed by atoms with E-state index in [1.54, 1.807) is 23.1 Å². The average Bonchev–Trinajstić information content (AvgIpc) is 3.00. The monoisotopic (exact) mass is 390 g/mol. The van der Waals surface area contributed by atoms with Gasteiger partial charge in [0.2, 0.25) is 5.88 Å². The smallest absolute Gasteiger partial charge is 0.354 e. The van der Waals surface area contributed by atoms with Gasteiger partial charge in [0, 0.05) is 23.7 Å². The molecule has 2 rings (SSSR count). The molecule has 0 saturated carbocycles. The largest absolute Gasteiger partial charge is 0.459 e. The molecule has 1 aromatic carbocycles. The third kappa shape index (κ3) is 5.02. The first-order chi connectivity index (χ1) is 13.0. The van der Waals surface area contributed by atoms with Crippen LogP contribution in [0.2, 0.25) is 5.02 Å². The summed E-state index contributed by atoms with van der Waals surface area (Å²) in [6, 6.07) is 6.95. The molecule has 27 heavy (non-hydrogen) atoms. The van der Waals surface area contributed by atoms with Crippen molar-refractivity contribution < 1.29 is 23.8 Å². The zero-order valence-corrected chi connectivity index (χ0v) is 15.6. The van der Waals surface area contributed by atoms with Crippen LogP contribution in [-0.2, 0) is 19.1 Å². The Morgan fingerprint density at radius 2 is 2.11 bits per heavy atom. The van der Waals surface area contributed by atoms with Gasteiger partial charge in [-0.2, -0.15) is 5.26 Å². The fourth-order valence-corrected chi connectivity index (χ4v) is 2.54. The van der Waals surface area contributed by atoms with E-state index in [0.717, 1.165) is 24.6 Å². The van der Waals surface area contributed by atoms with E-state index in [2.05, 4.69) is 6.58 Å². The molecule has 1 aliphatic heterocycles. The summed E-state index contributed by atoms with van der Waals surface area (Å²) >= 11 is 6.00. The third-order valence-electron chi connectivity index (χ3n) is 3.66. The molecule has 0 atom stereocenters. The van der Waals surface area contributed by atoms with Crippen LogP contribution in [0.5, 0.6) is 5.75 Å². The second-order valence-electron chi connectivity index (χ2n) is 5.52. The van der Waals surface area contributed by atoms with E-state index in [1.807, 2.05) is 13.0 Å². The van der Waals surface area contributed by atoms with Crippen molar-refractivity contribution in [2.75, 3.05) is 24.7 Å². The number of benzene rings is 1. The number of nitriles is 1. The van der Waals surface area contributed by atoms with Crippen molar-refractivity contribution in [1.29, 1.82) is 5.26 Å². The lowest BCUT2D eigenvalue weighted by Crippen LogP contribution is -2.26. The van der Waals surface area contributed by atoms with E-state index in [4.69, 9.17) is 25.8 Å². The van der Waals surface area contributed by atoms with E-state index in [-0.39, 0.29) is 24.7 Å². The van der Waals surface area contributed by atoms with Crippen molar-refractivity contribution in [3.05, 3.63) is 47.3 Å². The summed E-state index contributed by atoms with van der Waals surface area (Å²) in [6.45, 7) is 5.53. The maximum atomic E-state index is 12.3. The number of anilines is 1. The van der Waals surface area contributed by atoms with Crippen molar-refractivity contribution in [3.8, 4) is 11.8 Å². The molecule has 1 aromatic rings. The number of fused-ring (bicyclic) bond motifs is 1. The van der Waals surface area contributed by atoms with E-state index >= 15 is 0 Å². The highest BCUT2D eigenvalue weighted by Crippen LogP contribution is 2.41. The molecule has 1 heterocycles. The standard InChI is InChI=1S/C19H19ClN2O5/c1-3-5-8-22-15-7-6-13(20)11-16(15)27-18(22)14(12-21)19(24)26-10-9-25-17(23)4-2/h4,6-7,11H,2-3,5,8-10H2,1H3/b18-14-. The molecule has 0 N–H and O–H groups in total. The van der Waals surface area contributed by atoms with Gasteiger partial charge in [-0.1, -0.05) is 31.5 Å². The highest BCUT2D eigenvalue weighted by atomic mass is 35.5. The Kier molecular flexibility index (Phi) is 7.26. The Bertz CT molecular complexity index is 813. The van der Waals surface area contributed by atoms with Gasteiger partial charge < -0.3 is 19.1 Å². The predicted molar refractivity (Wildman–Crippen MR) is 99.1 cm³/mol. The molecule has 0 radical (unpaired) electrons. The summed E-state index contributed by atoms with van der Waals surface area (Å²) in [6.07, 6.45) is 2.76. The summed E-state index contributed by atoms with van der Waals surface area (Å²) in [5.74, 6) is -0.907. The SMILES string of the molecule is C=CC(=O)OCCOC(=O)/C(C#N)=C1\Oc2cc(Cl)ccc2N1CCCC. The molecule has 0 unspecified atom stereocenters. The zero-order valence-electron chi connectivity index (χ0n) is 14.9. The quantitative estimate of drug-likeness (QED) is 0.291. The Balaban J connectivity index is 2.19. The molecule has 7 nitrogen and oxygen atoms in total. The summed E-state index contributed by atoms with van der Waals surface area (Å²) in [4.78, 5) is 25.0. The molecule has 0 saturated heterocycles. The normalized spacial score (nSPS) is 13.9. The van der Waals surface area contributed by atoms with Crippen molar-refractivity contribution in [3.63, 3.8) is 0 Å². The number of rotatable bonds is 8. The Morgan fingerprint density at radius 1 is 1.37 bits per heavy atom. The van der Waals surface area contributed by atoms with Gasteiger partial charge in [0.1, 0.15) is 19.3 Å². The third-order valence-corrected chi connectivity index (χ3v) is 3.89. The Morgan fingerprint density at radius 3 is 2.78 bits per heavy atom. The zero-order chi connectivity index (χ0) is 19.8.